The topological polar surface area (TPSA) is 95.9 Å². The Bertz CT molecular complexity index is 1200. The normalized spacial score (nSPS) is 12.8. The number of hydrogen-bond donors (Lipinski definition) is 3. The van der Waals surface area contributed by atoms with Crippen LogP contribution in [0.5, 0.6) is 0 Å². The maximum Gasteiger partial charge on any atom is 0.305 e. The van der Waals surface area contributed by atoms with E-state index in [2.05, 4.69) is 55.6 Å². The van der Waals surface area contributed by atoms with Crippen LogP contribution in [0.2, 0.25) is 0 Å². The Balaban J connectivity index is 3.40. The summed E-state index contributed by atoms with van der Waals surface area (Å²) < 4.78 is 5.49. The minimum atomic E-state index is -0.667. The number of hydrogen-bond acceptors (Lipinski definition) is 5. The SMILES string of the molecule is CCCCC/C=C\C/C=C\CCCCCCCCCC(=O)OCCCCCCCCCCCCCC/C=C\CCCCCCCCCCC(=O)NC(CO)C(O)CCCCCCCCCCCCCCCCCC. The Hall–Kier alpha value is -1.92. The molecule has 3 N–H and O–H groups in total. The fourth-order valence-corrected chi connectivity index (χ4v) is 10.3. The standard InChI is InChI=1S/C68H129NO5/c1-3-5-7-9-11-13-15-17-19-29-34-38-42-46-50-54-58-62-68(73)74-63-59-55-51-47-43-39-35-31-28-26-24-22-21-23-25-27-30-33-37-41-45-49-53-57-61-67(72)69-65(64-70)66(71)60-56-52-48-44-40-36-32-20-18-16-14-12-10-8-6-4-2/h11,13,17,19,23,25,65-66,70-71H,3-10,12,14-16,18,20-22,24,26-64H2,1-2H3,(H,69,72)/b13-11-,19-17-,25-23-. The lowest BCUT2D eigenvalue weighted by atomic mass is 10.0. The number of rotatable bonds is 62. The molecule has 0 saturated carbocycles. The van der Waals surface area contributed by atoms with Gasteiger partial charge in [0.05, 0.1) is 25.4 Å². The molecule has 6 nitrogen and oxygen atoms in total. The number of aliphatic hydroxyl groups is 2. The summed E-state index contributed by atoms with van der Waals surface area (Å²) in [7, 11) is 0. The van der Waals surface area contributed by atoms with Crippen molar-refractivity contribution in [3.8, 4) is 0 Å². The summed E-state index contributed by atoms with van der Waals surface area (Å²) in [6.07, 6.45) is 80.2. The third kappa shape index (κ3) is 59.3. The second-order valence-electron chi connectivity index (χ2n) is 22.8. The van der Waals surface area contributed by atoms with Crippen molar-refractivity contribution in [2.45, 2.75) is 373 Å². The van der Waals surface area contributed by atoms with E-state index in [1.165, 1.54) is 276 Å². The number of aliphatic hydroxyl groups excluding tert-OH is 2. The minimum Gasteiger partial charge on any atom is -0.466 e. The summed E-state index contributed by atoms with van der Waals surface area (Å²) in [5.74, 6) is -0.0323. The van der Waals surface area contributed by atoms with Crippen LogP contribution in [0.3, 0.4) is 0 Å². The molecule has 0 heterocycles. The smallest absolute Gasteiger partial charge is 0.305 e. The lowest BCUT2D eigenvalue weighted by molar-refractivity contribution is -0.143. The van der Waals surface area contributed by atoms with Gasteiger partial charge in [-0.3, -0.25) is 9.59 Å². The molecule has 0 aliphatic heterocycles. The molecular weight excluding hydrogens is 911 g/mol. The van der Waals surface area contributed by atoms with Gasteiger partial charge < -0.3 is 20.3 Å². The molecule has 0 aliphatic rings. The number of ether oxygens (including phenoxy) is 1. The van der Waals surface area contributed by atoms with E-state index in [-0.39, 0.29) is 18.5 Å². The van der Waals surface area contributed by atoms with Gasteiger partial charge in [0.2, 0.25) is 5.91 Å². The summed E-state index contributed by atoms with van der Waals surface area (Å²) in [6, 6.07) is -0.545. The van der Waals surface area contributed by atoms with E-state index in [1.54, 1.807) is 0 Å². The van der Waals surface area contributed by atoms with E-state index in [4.69, 9.17) is 4.74 Å². The zero-order valence-electron chi connectivity index (χ0n) is 49.8. The highest BCUT2D eigenvalue weighted by Gasteiger charge is 2.20. The molecule has 2 unspecified atom stereocenters. The van der Waals surface area contributed by atoms with Gasteiger partial charge in [0.1, 0.15) is 0 Å². The molecule has 0 aromatic carbocycles. The maximum absolute atomic E-state index is 12.5. The van der Waals surface area contributed by atoms with Crippen LogP contribution in [0, 0.1) is 0 Å². The van der Waals surface area contributed by atoms with Gasteiger partial charge in [-0.05, 0) is 83.5 Å². The van der Waals surface area contributed by atoms with E-state index < -0.39 is 12.1 Å². The Morgan fingerprint density at radius 3 is 1.07 bits per heavy atom. The molecule has 0 spiro atoms. The Morgan fingerprint density at radius 1 is 0.378 bits per heavy atom. The second-order valence-corrected chi connectivity index (χ2v) is 22.8. The molecule has 0 bridgehead atoms. The first kappa shape index (κ1) is 72.1. The number of allylic oxidation sites excluding steroid dienone is 6. The minimum absolute atomic E-state index is 0.00509. The van der Waals surface area contributed by atoms with Gasteiger partial charge in [-0.2, -0.15) is 0 Å². The highest BCUT2D eigenvalue weighted by molar-refractivity contribution is 5.76. The number of unbranched alkanes of at least 4 members (excludes halogenated alkanes) is 45. The average molecular weight is 1040 g/mol. The number of amides is 1. The van der Waals surface area contributed by atoms with Crippen molar-refractivity contribution in [3.05, 3.63) is 36.5 Å². The molecule has 0 aromatic heterocycles. The van der Waals surface area contributed by atoms with Crippen LogP contribution < -0.4 is 5.32 Å². The van der Waals surface area contributed by atoms with E-state index in [0.717, 1.165) is 51.4 Å². The molecule has 2 atom stereocenters. The summed E-state index contributed by atoms with van der Waals surface area (Å²) in [5, 5.41) is 23.3. The van der Waals surface area contributed by atoms with Crippen molar-refractivity contribution >= 4 is 11.9 Å². The van der Waals surface area contributed by atoms with Crippen molar-refractivity contribution in [2.24, 2.45) is 0 Å². The third-order valence-corrected chi connectivity index (χ3v) is 15.4. The van der Waals surface area contributed by atoms with Crippen LogP contribution in [-0.4, -0.2) is 47.4 Å². The van der Waals surface area contributed by atoms with Crippen molar-refractivity contribution in [1.29, 1.82) is 0 Å². The van der Waals surface area contributed by atoms with Crippen LogP contribution >= 0.6 is 0 Å². The number of esters is 1. The molecule has 0 aliphatic carbocycles. The van der Waals surface area contributed by atoms with Crippen LogP contribution in [0.25, 0.3) is 0 Å². The molecule has 1 amide bonds. The van der Waals surface area contributed by atoms with E-state index in [9.17, 15) is 19.8 Å². The largest absolute Gasteiger partial charge is 0.466 e. The maximum atomic E-state index is 12.5. The molecule has 74 heavy (non-hydrogen) atoms. The summed E-state index contributed by atoms with van der Waals surface area (Å²) in [4.78, 5) is 24.6. The van der Waals surface area contributed by atoms with Crippen LogP contribution in [0.4, 0.5) is 0 Å². The first-order chi connectivity index (χ1) is 36.5. The van der Waals surface area contributed by atoms with E-state index in [0.29, 0.717) is 25.9 Å². The van der Waals surface area contributed by atoms with Crippen molar-refractivity contribution in [2.75, 3.05) is 13.2 Å². The van der Waals surface area contributed by atoms with Gasteiger partial charge in [0, 0.05) is 12.8 Å². The second kappa shape index (κ2) is 63.6. The predicted octanol–water partition coefficient (Wildman–Crippen LogP) is 21.1. The van der Waals surface area contributed by atoms with Crippen LogP contribution in [0.15, 0.2) is 36.5 Å². The quantitative estimate of drug-likeness (QED) is 0.0320. The highest BCUT2D eigenvalue weighted by Crippen LogP contribution is 2.18. The lowest BCUT2D eigenvalue weighted by Crippen LogP contribution is -2.45. The van der Waals surface area contributed by atoms with Crippen LogP contribution in [-0.2, 0) is 14.3 Å². The van der Waals surface area contributed by atoms with Crippen molar-refractivity contribution in [3.63, 3.8) is 0 Å². The number of carbonyl (C=O) groups excluding carboxylic acids is 2. The highest BCUT2D eigenvalue weighted by atomic mass is 16.5. The molecule has 0 saturated heterocycles. The molecule has 0 rings (SSSR count). The van der Waals surface area contributed by atoms with Gasteiger partial charge >= 0.3 is 5.97 Å². The Morgan fingerprint density at radius 2 is 0.676 bits per heavy atom. The monoisotopic (exact) mass is 1040 g/mol. The zero-order chi connectivity index (χ0) is 53.6. The summed E-state index contributed by atoms with van der Waals surface area (Å²) in [6.45, 7) is 4.94. The summed E-state index contributed by atoms with van der Waals surface area (Å²) in [5.41, 5.74) is 0. The molecule has 0 radical (unpaired) electrons. The fourth-order valence-electron chi connectivity index (χ4n) is 10.3. The van der Waals surface area contributed by atoms with Crippen LogP contribution in [0.1, 0.15) is 361 Å². The average Bonchev–Trinajstić information content (AvgIpc) is 3.40. The third-order valence-electron chi connectivity index (χ3n) is 15.4. The number of nitrogens with one attached hydrogen (secondary N) is 1. The first-order valence-electron chi connectivity index (χ1n) is 33.2. The molecular formula is C68H129NO5. The van der Waals surface area contributed by atoms with Gasteiger partial charge in [-0.1, -0.05) is 301 Å². The van der Waals surface area contributed by atoms with Gasteiger partial charge in [-0.25, -0.2) is 0 Å². The molecule has 6 heteroatoms. The van der Waals surface area contributed by atoms with Gasteiger partial charge in [-0.15, -0.1) is 0 Å². The van der Waals surface area contributed by atoms with E-state index >= 15 is 0 Å². The lowest BCUT2D eigenvalue weighted by Gasteiger charge is -2.22. The molecule has 0 aromatic rings. The Kier molecular flexibility index (Phi) is 62.0. The first-order valence-corrected chi connectivity index (χ1v) is 33.2. The summed E-state index contributed by atoms with van der Waals surface area (Å²) >= 11 is 0. The Labute approximate surface area is 462 Å². The zero-order valence-corrected chi connectivity index (χ0v) is 49.8. The van der Waals surface area contributed by atoms with Crippen molar-refractivity contribution in [1.82, 2.24) is 5.32 Å². The van der Waals surface area contributed by atoms with Gasteiger partial charge in [0.15, 0.2) is 0 Å². The fraction of sp³-hybridized carbons (Fsp3) is 0.882. The van der Waals surface area contributed by atoms with E-state index in [1.807, 2.05) is 0 Å². The van der Waals surface area contributed by atoms with Gasteiger partial charge in [0.25, 0.3) is 0 Å². The molecule has 436 valence electrons. The van der Waals surface area contributed by atoms with Crippen molar-refractivity contribution < 1.29 is 24.5 Å². The molecule has 0 fully saturated rings. The predicted molar refractivity (Wildman–Crippen MR) is 324 cm³/mol. The number of carbonyl (C=O) groups is 2.